The minimum absolute atomic E-state index is 0.0299. The van der Waals surface area contributed by atoms with Crippen LogP contribution in [0.5, 0.6) is 5.75 Å². The zero-order valence-corrected chi connectivity index (χ0v) is 25.5. The fourth-order valence-electron chi connectivity index (χ4n) is 3.19. The summed E-state index contributed by atoms with van der Waals surface area (Å²) in [5, 5.41) is 6.06. The van der Waals surface area contributed by atoms with E-state index in [-0.39, 0.29) is 6.04 Å². The number of aryl methyl sites for hydroxylation is 1. The lowest BCUT2D eigenvalue weighted by Crippen LogP contribution is -2.11. The Morgan fingerprint density at radius 1 is 0.861 bits per heavy atom. The van der Waals surface area contributed by atoms with Crippen molar-refractivity contribution in [2.75, 3.05) is 6.61 Å². The third kappa shape index (κ3) is 10.6. The predicted octanol–water partition coefficient (Wildman–Crippen LogP) is 10.2. The summed E-state index contributed by atoms with van der Waals surface area (Å²) in [4.78, 5) is 4.57. The second-order valence-electron chi connectivity index (χ2n) is 6.47. The van der Waals surface area contributed by atoms with Crippen molar-refractivity contribution in [3.63, 3.8) is 0 Å². The van der Waals surface area contributed by atoms with Gasteiger partial charge in [-0.1, -0.05) is 111 Å². The number of rotatable bonds is 4. The van der Waals surface area contributed by atoms with E-state index < -0.39 is 0 Å². The number of fused-ring (bicyclic) bond motifs is 1. The molecular weight excluding hydrogens is 466 g/mol. The number of nitrogens with zero attached hydrogens (tertiary/aromatic N) is 2. The number of benzene rings is 2. The van der Waals surface area contributed by atoms with E-state index in [0.717, 1.165) is 39.9 Å². The molecule has 2 aromatic carbocycles. The number of pyridine rings is 1. The van der Waals surface area contributed by atoms with E-state index in [0.29, 0.717) is 11.8 Å². The van der Waals surface area contributed by atoms with E-state index in [1.165, 1.54) is 5.56 Å². The van der Waals surface area contributed by atoms with Crippen molar-refractivity contribution in [3.8, 4) is 5.75 Å². The lowest BCUT2D eigenvalue weighted by molar-refractivity contribution is 0.340. The van der Waals surface area contributed by atoms with E-state index in [1.54, 1.807) is 0 Å². The first-order chi connectivity index (χ1) is 17.6. The maximum absolute atomic E-state index is 6.48. The quantitative estimate of drug-likeness (QED) is 0.351. The van der Waals surface area contributed by atoms with Gasteiger partial charge in [-0.25, -0.2) is 4.98 Å². The average molecular weight is 516 g/mol. The molecule has 1 unspecified atom stereocenters. The van der Waals surface area contributed by atoms with Gasteiger partial charge < -0.3 is 10.2 Å². The van der Waals surface area contributed by atoms with Crippen LogP contribution in [0.15, 0.2) is 53.6 Å². The second kappa shape index (κ2) is 21.7. The summed E-state index contributed by atoms with van der Waals surface area (Å²) >= 11 is 6.48. The highest BCUT2D eigenvalue weighted by atomic mass is 35.5. The number of hydrazone groups is 1. The van der Waals surface area contributed by atoms with Crippen molar-refractivity contribution < 1.29 is 4.74 Å². The van der Waals surface area contributed by atoms with Gasteiger partial charge in [-0.15, -0.1) is 0 Å². The molecule has 5 heteroatoms. The van der Waals surface area contributed by atoms with Crippen LogP contribution in [-0.4, -0.2) is 17.3 Å². The summed E-state index contributed by atoms with van der Waals surface area (Å²) < 4.78 is 5.54. The van der Waals surface area contributed by atoms with Crippen molar-refractivity contribution >= 4 is 28.2 Å². The minimum Gasteiger partial charge on any atom is -0.494 e. The van der Waals surface area contributed by atoms with Crippen LogP contribution < -0.4 is 10.2 Å². The minimum atomic E-state index is 0.0299. The number of nitrogens with one attached hydrogen (secondary N) is 1. The van der Waals surface area contributed by atoms with Crippen molar-refractivity contribution in [1.29, 1.82) is 0 Å². The monoisotopic (exact) mass is 515 g/mol. The predicted molar refractivity (Wildman–Crippen MR) is 163 cm³/mol. The van der Waals surface area contributed by atoms with E-state index in [2.05, 4.69) is 52.8 Å². The molecule has 0 aliphatic carbocycles. The number of ether oxygens (including phenoxy) is 1. The molecule has 1 aliphatic heterocycles. The Kier molecular flexibility index (Phi) is 21.4. The molecule has 0 bridgehead atoms. The van der Waals surface area contributed by atoms with Crippen molar-refractivity contribution in [1.82, 2.24) is 10.4 Å². The molecule has 1 atom stereocenters. The van der Waals surface area contributed by atoms with Crippen LogP contribution in [0.1, 0.15) is 105 Å². The molecule has 202 valence electrons. The first-order valence-electron chi connectivity index (χ1n) is 13.8. The maximum Gasteiger partial charge on any atom is 0.135 e. The first-order valence-corrected chi connectivity index (χ1v) is 14.1. The summed E-state index contributed by atoms with van der Waals surface area (Å²) in [6, 6.07) is 16.4. The van der Waals surface area contributed by atoms with Crippen LogP contribution in [0.4, 0.5) is 0 Å². The van der Waals surface area contributed by atoms with Crippen LogP contribution >= 0.6 is 11.6 Å². The van der Waals surface area contributed by atoms with Gasteiger partial charge in [0.25, 0.3) is 0 Å². The maximum atomic E-state index is 6.48. The van der Waals surface area contributed by atoms with Gasteiger partial charge in [0.1, 0.15) is 10.9 Å². The Labute approximate surface area is 226 Å². The Bertz CT molecular complexity index is 985. The number of hydrogen-bond donors (Lipinski definition) is 1. The molecule has 0 radical (unpaired) electrons. The molecule has 0 fully saturated rings. The third-order valence-corrected chi connectivity index (χ3v) is 4.90. The van der Waals surface area contributed by atoms with Crippen molar-refractivity contribution in [2.45, 2.75) is 95.5 Å². The zero-order valence-electron chi connectivity index (χ0n) is 24.8. The van der Waals surface area contributed by atoms with Crippen LogP contribution in [-0.2, 0) is 0 Å². The summed E-state index contributed by atoms with van der Waals surface area (Å²) in [7, 11) is 0. The van der Waals surface area contributed by atoms with Crippen LogP contribution in [0, 0.1) is 6.92 Å². The highest BCUT2D eigenvalue weighted by Crippen LogP contribution is 2.32. The Morgan fingerprint density at radius 3 is 2.00 bits per heavy atom. The van der Waals surface area contributed by atoms with E-state index in [1.807, 2.05) is 94.4 Å². The Hall–Kier alpha value is -2.59. The summed E-state index contributed by atoms with van der Waals surface area (Å²) in [6.07, 6.45) is 0.785. The molecule has 1 aliphatic rings. The summed E-state index contributed by atoms with van der Waals surface area (Å²) in [6.45, 7) is 24.7. The number of aromatic nitrogens is 1. The van der Waals surface area contributed by atoms with Gasteiger partial charge in [-0.05, 0) is 37.6 Å². The van der Waals surface area contributed by atoms with E-state index >= 15 is 0 Å². The molecule has 2 heterocycles. The lowest BCUT2D eigenvalue weighted by atomic mass is 9.98. The fourth-order valence-corrected chi connectivity index (χ4v) is 3.47. The molecule has 0 saturated heterocycles. The zero-order chi connectivity index (χ0) is 28.1. The molecular formula is C31H50ClN3O. The van der Waals surface area contributed by atoms with Gasteiger partial charge in [-0.2, -0.15) is 5.10 Å². The molecule has 1 aromatic heterocycles. The Balaban J connectivity index is 0. The van der Waals surface area contributed by atoms with Crippen molar-refractivity contribution in [2.24, 2.45) is 5.10 Å². The summed E-state index contributed by atoms with van der Waals surface area (Å²) in [5.41, 5.74) is 8.43. The molecule has 3 aromatic rings. The highest BCUT2D eigenvalue weighted by molar-refractivity contribution is 6.30. The number of halogens is 1. The van der Waals surface area contributed by atoms with Gasteiger partial charge in [0.15, 0.2) is 0 Å². The molecule has 36 heavy (non-hydrogen) atoms. The molecule has 0 amide bonds. The van der Waals surface area contributed by atoms with E-state index in [9.17, 15) is 0 Å². The van der Waals surface area contributed by atoms with Gasteiger partial charge in [0.2, 0.25) is 0 Å². The van der Waals surface area contributed by atoms with Crippen LogP contribution in [0.2, 0.25) is 5.15 Å². The smallest absolute Gasteiger partial charge is 0.135 e. The highest BCUT2D eigenvalue weighted by Gasteiger charge is 2.24. The molecule has 1 N–H and O–H groups in total. The van der Waals surface area contributed by atoms with Gasteiger partial charge in [0.05, 0.1) is 23.9 Å². The van der Waals surface area contributed by atoms with Gasteiger partial charge >= 0.3 is 0 Å². The standard InChI is InChI=1S/C21H20ClN3O.5C2H6/c1-3-26-16-9-8-15-10-17(21(22)23-18(15)11-16)20-12-19(24-25-20)14-6-4-13(2)5-7-14;5*1-2/h4-11,20,25H,3,12H2,1-2H3;5*1-2H3. The normalized spacial score (nSPS) is 12.7. The summed E-state index contributed by atoms with van der Waals surface area (Å²) in [5.74, 6) is 0.806. The average Bonchev–Trinajstić information content (AvgIpc) is 3.44. The van der Waals surface area contributed by atoms with Gasteiger partial charge in [0, 0.05) is 23.4 Å². The van der Waals surface area contributed by atoms with Gasteiger partial charge in [-0.3, -0.25) is 0 Å². The third-order valence-electron chi connectivity index (χ3n) is 4.59. The SMILES string of the molecule is CC.CC.CC.CC.CC.CCOc1ccc2cc(C3CC(c4ccc(C)cc4)=NN3)c(Cl)nc2c1. The van der Waals surface area contributed by atoms with Crippen LogP contribution in [0.3, 0.4) is 0 Å². The van der Waals surface area contributed by atoms with Crippen LogP contribution in [0.25, 0.3) is 10.9 Å². The molecule has 0 spiro atoms. The first kappa shape index (κ1) is 35.6. The fraction of sp³-hybridized carbons (Fsp3) is 0.484. The largest absolute Gasteiger partial charge is 0.494 e. The lowest BCUT2D eigenvalue weighted by Gasteiger charge is -2.13. The molecule has 4 rings (SSSR count). The molecule has 4 nitrogen and oxygen atoms in total. The second-order valence-corrected chi connectivity index (χ2v) is 6.82. The molecule has 0 saturated carbocycles. The number of hydrogen-bond acceptors (Lipinski definition) is 4. The Morgan fingerprint density at radius 2 is 1.44 bits per heavy atom. The van der Waals surface area contributed by atoms with E-state index in [4.69, 9.17) is 16.3 Å². The van der Waals surface area contributed by atoms with Crippen molar-refractivity contribution in [3.05, 3.63) is 70.4 Å². The topological polar surface area (TPSA) is 46.5 Å².